The fourth-order valence-corrected chi connectivity index (χ4v) is 15.5. The van der Waals surface area contributed by atoms with Gasteiger partial charge in [0, 0.05) is 32.2 Å². The third-order valence-electron chi connectivity index (χ3n) is 23.4. The number of hydrogen-bond acceptors (Lipinski definition) is 29. The van der Waals surface area contributed by atoms with Gasteiger partial charge in [-0.05, 0) is 274 Å². The molecule has 0 spiro atoms. The molecule has 0 aromatic carbocycles. The molecule has 0 radical (unpaired) electrons. The van der Waals surface area contributed by atoms with Gasteiger partial charge in [0.25, 0.3) is 0 Å². The molecule has 144 heavy (non-hydrogen) atoms. The van der Waals surface area contributed by atoms with E-state index in [1.807, 2.05) is 13.8 Å². The van der Waals surface area contributed by atoms with Crippen molar-refractivity contribution in [3.63, 3.8) is 0 Å². The van der Waals surface area contributed by atoms with E-state index in [4.69, 9.17) is 68.9 Å². The number of hydrogen-bond donors (Lipinski definition) is 29. The van der Waals surface area contributed by atoms with E-state index in [0.717, 1.165) is 0 Å². The Morgan fingerprint density at radius 1 is 0.201 bits per heavy atom. The smallest absolute Gasteiger partial charge is 0.243 e. The summed E-state index contributed by atoms with van der Waals surface area (Å²) < 4.78 is 0. The van der Waals surface area contributed by atoms with Crippen molar-refractivity contribution in [2.75, 3.05) is 58.9 Å². The van der Waals surface area contributed by atoms with Crippen LogP contribution in [0.2, 0.25) is 0 Å². The fraction of sp³-hybridized carbons (Fsp3) is 0.789. The predicted octanol–water partition coefficient (Wildman–Crippen LogP) is -5.19. The summed E-state index contributed by atoms with van der Waals surface area (Å²) in [6.07, 6.45) is 3.69. The summed E-state index contributed by atoms with van der Waals surface area (Å²) in [5.74, 6) is -12.6. The second kappa shape index (κ2) is 77.5. The van der Waals surface area contributed by atoms with Gasteiger partial charge in [-0.15, -0.1) is 0 Å². The van der Waals surface area contributed by atoms with E-state index in [-0.39, 0.29) is 190 Å². The fourth-order valence-electron chi connectivity index (χ4n) is 15.5. The molecule has 20 amide bonds. The second-order valence-corrected chi connectivity index (χ2v) is 39.1. The number of amides is 20. The largest absolute Gasteiger partial charge is 0.370 e. The van der Waals surface area contributed by atoms with Crippen molar-refractivity contribution < 1.29 is 95.9 Å². The van der Waals surface area contributed by atoms with Gasteiger partial charge in [0.1, 0.15) is 84.6 Å². The van der Waals surface area contributed by atoms with Crippen LogP contribution in [0.5, 0.6) is 0 Å². The summed E-state index contributed by atoms with van der Waals surface area (Å²) >= 11 is 0. The molecule has 0 aromatic heterocycles. The molecule has 0 fully saturated rings. The van der Waals surface area contributed by atoms with Crippen molar-refractivity contribution in [3.8, 4) is 0 Å². The maximum absolute atomic E-state index is 14.9. The van der Waals surface area contributed by atoms with Crippen LogP contribution in [0.3, 0.4) is 0 Å². The Kier molecular flexibility index (Phi) is 71.6. The Morgan fingerprint density at radius 3 is 0.597 bits per heavy atom. The van der Waals surface area contributed by atoms with Crippen molar-refractivity contribution in [3.05, 3.63) is 0 Å². The number of nitrogens with two attached hydrogens (primary N) is 12. The summed E-state index contributed by atoms with van der Waals surface area (Å²) in [5, 5.41) is 42.8. The van der Waals surface area contributed by atoms with Gasteiger partial charge in [0.15, 0.2) is 0 Å². The minimum Gasteiger partial charge on any atom is -0.370 e. The zero-order chi connectivity index (χ0) is 109. The zero-order valence-corrected chi connectivity index (χ0v) is 87.0. The first-order chi connectivity index (χ1) is 68.1. The lowest BCUT2D eigenvalue weighted by Gasteiger charge is -2.29. The highest BCUT2D eigenvalue weighted by Crippen LogP contribution is 2.19. The maximum Gasteiger partial charge on any atom is 0.243 e. The highest BCUT2D eigenvalue weighted by atomic mass is 16.2. The number of hydrazine groups is 1. The first-order valence-corrected chi connectivity index (χ1v) is 51.5. The lowest BCUT2D eigenvalue weighted by atomic mass is 9.98. The topological polar surface area (TPSA) is 858 Å². The van der Waals surface area contributed by atoms with Crippen LogP contribution in [-0.4, -0.2) is 268 Å². The Bertz CT molecular complexity index is 3920. The summed E-state index contributed by atoms with van der Waals surface area (Å²) in [6, 6.07) is -21.1. The number of primary amides is 3. The summed E-state index contributed by atoms with van der Waals surface area (Å²) in [4.78, 5) is 280. The van der Waals surface area contributed by atoms with Crippen LogP contribution in [0.1, 0.15) is 300 Å². The highest BCUT2D eigenvalue weighted by molar-refractivity contribution is 6.01. The van der Waals surface area contributed by atoms with Gasteiger partial charge in [0.2, 0.25) is 118 Å². The van der Waals surface area contributed by atoms with Crippen LogP contribution in [0, 0.1) is 29.6 Å². The third kappa shape index (κ3) is 60.7. The molecule has 0 aromatic rings. The van der Waals surface area contributed by atoms with Gasteiger partial charge < -0.3 is 148 Å². The number of unbranched alkanes of at least 4 members (excludes halogenated alkanes) is 9. The van der Waals surface area contributed by atoms with Crippen molar-refractivity contribution in [2.45, 2.75) is 391 Å². The molecule has 15 atom stereocenters. The monoisotopic (exact) mass is 2050 g/mol. The standard InChI is InChI=1S/C95H181N29O20/c1-56(2)50-61(103)81(130)110-63(29-14-21-43-97)83(132)113-67(33-18-25-47-101)87(136)121-75(54-60(9)10)95(144)123-74(53-59(7)8)94(143)115-66(32-17-24-46-100)86(135)117-70(37-40-77(105)126)90(139)119-69(36-39-76(104)125)89(138)114-64(30-15-22-44-98)84(133)112-65(31-16-23-45-99)85(134)118-71(38-41-78(106)127)91(140)122-73(52-58(5)6)93(142)116-68(34-19-26-48-102)88(137)120-72(51-57(3)4)92(141)111-62(28-13-20-42-96)82(131)109-55-80(129)108-49-27-11-12-35-79(128)124-107/h56-75H,11-55,96-103,107H2,1-10H3,(H2,104,125)(H2,105,126)(H2,106,127)(H,108,129)(H,109,131)(H,110,130)(H,111,141)(H,112,133)(H,113,132)(H,114,138)(H,115,143)(H,116,142)(H,117,135)(H,118,134)(H,119,139)(H,120,137)(H,121,136)(H,122,140)(H,123,144)(H,124,128)/t61-,62-,63-,64-,65-,66-,67-,68-,69-,70-,71-,72-,73-,74-,75-/m0/s1. The molecule has 0 saturated heterocycles. The van der Waals surface area contributed by atoms with Crippen LogP contribution in [0.25, 0.3) is 0 Å². The van der Waals surface area contributed by atoms with E-state index >= 15 is 0 Å². The summed E-state index contributed by atoms with van der Waals surface area (Å²) in [7, 11) is 0. The maximum atomic E-state index is 14.9. The van der Waals surface area contributed by atoms with Gasteiger partial charge in [-0.1, -0.05) is 75.7 Å². The molecule has 49 nitrogen and oxygen atoms in total. The van der Waals surface area contributed by atoms with Crippen molar-refractivity contribution in [1.29, 1.82) is 0 Å². The molecular weight excluding hydrogens is 1870 g/mol. The van der Waals surface area contributed by atoms with Crippen molar-refractivity contribution in [2.24, 2.45) is 98.5 Å². The van der Waals surface area contributed by atoms with Gasteiger partial charge >= 0.3 is 0 Å². The van der Waals surface area contributed by atoms with E-state index in [1.54, 1.807) is 55.4 Å². The number of rotatable bonds is 84. The molecule has 0 saturated carbocycles. The molecular formula is C95H181N29O20. The van der Waals surface area contributed by atoms with Gasteiger partial charge in [-0.2, -0.15) is 0 Å². The zero-order valence-electron chi connectivity index (χ0n) is 87.0. The van der Waals surface area contributed by atoms with E-state index in [0.29, 0.717) is 90.0 Å². The quantitative estimate of drug-likeness (QED) is 0.0117. The lowest BCUT2D eigenvalue weighted by molar-refractivity contribution is -0.137. The van der Waals surface area contributed by atoms with Crippen LogP contribution in [-0.2, 0) is 95.9 Å². The summed E-state index contributed by atoms with van der Waals surface area (Å²) in [6.45, 7) is 19.2. The van der Waals surface area contributed by atoms with Crippen molar-refractivity contribution >= 4 is 118 Å². The average molecular weight is 2050 g/mol. The number of nitrogens with one attached hydrogen (secondary N) is 17. The van der Waals surface area contributed by atoms with Crippen LogP contribution in [0.4, 0.5) is 0 Å². The van der Waals surface area contributed by atoms with Crippen LogP contribution in [0.15, 0.2) is 0 Å². The molecule has 0 bridgehead atoms. The summed E-state index contributed by atoms with van der Waals surface area (Å²) in [5.41, 5.74) is 66.1. The third-order valence-corrected chi connectivity index (χ3v) is 23.4. The Balaban J connectivity index is 7.61. The van der Waals surface area contributed by atoms with Crippen LogP contribution < -0.4 is 159 Å². The molecule has 0 rings (SSSR count). The first-order valence-electron chi connectivity index (χ1n) is 51.5. The Morgan fingerprint density at radius 2 is 0.396 bits per heavy atom. The minimum absolute atomic E-state index is 0.0263. The molecule has 0 aliphatic rings. The lowest BCUT2D eigenvalue weighted by Crippen LogP contribution is -2.61. The average Bonchev–Trinajstić information content (AvgIpc) is 0.859. The van der Waals surface area contributed by atoms with E-state index in [2.05, 4.69) is 90.5 Å². The predicted molar refractivity (Wildman–Crippen MR) is 545 cm³/mol. The molecule has 49 heteroatoms. The number of carbonyl (C=O) groups is 20. The second-order valence-electron chi connectivity index (χ2n) is 39.1. The normalized spacial score (nSPS) is 14.5. The molecule has 826 valence electrons. The van der Waals surface area contributed by atoms with Gasteiger partial charge in [-0.25, -0.2) is 5.84 Å². The number of carbonyl (C=O) groups excluding carboxylic acids is 20. The molecule has 0 unspecified atom stereocenters. The Labute approximate surface area is 849 Å². The minimum atomic E-state index is -1.77. The first kappa shape index (κ1) is 133. The molecule has 0 aliphatic heterocycles. The van der Waals surface area contributed by atoms with E-state index in [9.17, 15) is 95.9 Å². The molecule has 41 N–H and O–H groups in total. The SMILES string of the molecule is CC(C)C[C@H](NC(=O)[C@H](CCCCN)NC(=O)[C@H](CC(C)C)NC(=O)[C@H](CCC(N)=O)NC(=O)[C@H](CCCCN)NC(=O)[C@H](CCCCN)NC(=O)[C@H](CCC(N)=O)NC(=O)[C@H](CCC(N)=O)NC(=O)[C@H](CCCCN)NC(=O)[C@H](CC(C)C)NC(=O)[C@H](CC(C)C)NC(=O)[C@H](CCCCN)NC(=O)[C@H](CCCCN)NC(=O)[C@@H](N)CC(C)C)C(=O)N[C@@H](CCCCN)C(=O)NCC(=O)NCCCCCC(=O)NN. The van der Waals surface area contributed by atoms with Crippen LogP contribution >= 0.6 is 0 Å². The highest BCUT2D eigenvalue weighted by Gasteiger charge is 2.40. The molecule has 0 aliphatic carbocycles. The molecule has 0 heterocycles. The van der Waals surface area contributed by atoms with Crippen molar-refractivity contribution in [1.82, 2.24) is 90.5 Å². The van der Waals surface area contributed by atoms with E-state index in [1.165, 1.54) is 0 Å². The van der Waals surface area contributed by atoms with Gasteiger partial charge in [0.05, 0.1) is 12.6 Å². The Hall–Kier alpha value is -11.0. The van der Waals surface area contributed by atoms with Gasteiger partial charge in [-0.3, -0.25) is 101 Å². The van der Waals surface area contributed by atoms with E-state index < -0.39 is 248 Å².